The molecule has 1 aromatic heterocycles. The molecule has 33 heavy (non-hydrogen) atoms. The third-order valence-corrected chi connectivity index (χ3v) is 6.42. The van der Waals surface area contributed by atoms with Crippen molar-refractivity contribution in [3.63, 3.8) is 0 Å². The van der Waals surface area contributed by atoms with Crippen molar-refractivity contribution >= 4 is 46.5 Å². The van der Waals surface area contributed by atoms with Gasteiger partial charge in [-0.1, -0.05) is 23.4 Å². The van der Waals surface area contributed by atoms with Gasteiger partial charge in [0.25, 0.3) is 0 Å². The number of halogens is 2. The molecule has 3 aromatic rings. The summed E-state index contributed by atoms with van der Waals surface area (Å²) in [5, 5.41) is 12.5. The van der Waals surface area contributed by atoms with Gasteiger partial charge >= 0.3 is 0 Å². The van der Waals surface area contributed by atoms with Gasteiger partial charge in [0, 0.05) is 37.6 Å². The third kappa shape index (κ3) is 6.06. The molecule has 1 aliphatic rings. The molecule has 1 amide bonds. The maximum absolute atomic E-state index is 13.1. The summed E-state index contributed by atoms with van der Waals surface area (Å²) in [4.78, 5) is 16.6. The lowest BCUT2D eigenvalue weighted by Gasteiger charge is -2.36. The van der Waals surface area contributed by atoms with E-state index >= 15 is 0 Å². The van der Waals surface area contributed by atoms with Gasteiger partial charge in [-0.05, 0) is 54.6 Å². The minimum Gasteiger partial charge on any atom is -0.495 e. The highest BCUT2D eigenvalue weighted by atomic mass is 35.5. The molecule has 0 aliphatic carbocycles. The zero-order valence-electron chi connectivity index (χ0n) is 18.0. The summed E-state index contributed by atoms with van der Waals surface area (Å²) >= 11 is 7.40. The predicted octanol–water partition coefficient (Wildman–Crippen LogP) is 4.34. The first-order chi connectivity index (χ1) is 16.0. The Kier molecular flexibility index (Phi) is 7.51. The molecular formula is C23H23ClFN5O2S. The van der Waals surface area contributed by atoms with Gasteiger partial charge < -0.3 is 19.9 Å². The normalized spacial score (nSPS) is 13.7. The smallest absolute Gasteiger partial charge is 0.234 e. The van der Waals surface area contributed by atoms with Crippen LogP contribution in [0.5, 0.6) is 5.75 Å². The highest BCUT2D eigenvalue weighted by molar-refractivity contribution is 7.99. The number of nitrogens with one attached hydrogen (secondary N) is 1. The molecule has 0 saturated carbocycles. The number of amides is 1. The van der Waals surface area contributed by atoms with Crippen LogP contribution < -0.4 is 19.9 Å². The Morgan fingerprint density at radius 3 is 2.42 bits per heavy atom. The van der Waals surface area contributed by atoms with Crippen LogP contribution in [0.4, 0.5) is 21.6 Å². The van der Waals surface area contributed by atoms with Gasteiger partial charge in [-0.3, -0.25) is 4.79 Å². The van der Waals surface area contributed by atoms with Crippen LogP contribution in [0.25, 0.3) is 0 Å². The molecule has 1 N–H and O–H groups in total. The molecule has 1 aliphatic heterocycles. The molecule has 1 fully saturated rings. The van der Waals surface area contributed by atoms with E-state index < -0.39 is 0 Å². The first-order valence-electron chi connectivity index (χ1n) is 10.4. The summed E-state index contributed by atoms with van der Waals surface area (Å²) in [6.45, 7) is 3.23. The van der Waals surface area contributed by atoms with E-state index in [0.717, 1.165) is 37.7 Å². The average Bonchev–Trinajstić information content (AvgIpc) is 2.84. The molecule has 2 heterocycles. The number of carbonyl (C=O) groups excluding carboxylic acids is 1. The summed E-state index contributed by atoms with van der Waals surface area (Å²) in [5.41, 5.74) is 1.62. The highest BCUT2D eigenvalue weighted by Crippen LogP contribution is 2.27. The van der Waals surface area contributed by atoms with E-state index in [1.807, 2.05) is 12.1 Å². The third-order valence-electron chi connectivity index (χ3n) is 5.21. The molecule has 0 spiro atoms. The van der Waals surface area contributed by atoms with Crippen molar-refractivity contribution in [3.8, 4) is 5.75 Å². The molecule has 1 saturated heterocycles. The second-order valence-corrected chi connectivity index (χ2v) is 8.77. The van der Waals surface area contributed by atoms with Crippen LogP contribution in [0.15, 0.2) is 59.6 Å². The molecule has 0 atom stereocenters. The van der Waals surface area contributed by atoms with E-state index in [-0.39, 0.29) is 17.5 Å². The topological polar surface area (TPSA) is 70.6 Å². The fourth-order valence-corrected chi connectivity index (χ4v) is 4.36. The number of nitrogens with zero attached hydrogens (tertiary/aromatic N) is 4. The standard InChI is InChI=1S/C23H23ClFN5O2S/c1-32-20-7-4-17(14-19(20)24)26-22(31)15-33-23-9-8-21(27-28-23)30-12-10-29(11-13-30)18-5-2-16(25)3-6-18/h2-9,14H,10-13,15H2,1H3,(H,26,31). The van der Waals surface area contributed by atoms with Gasteiger partial charge in [-0.2, -0.15) is 0 Å². The van der Waals surface area contributed by atoms with Crippen molar-refractivity contribution in [3.05, 3.63) is 65.4 Å². The number of benzene rings is 2. The lowest BCUT2D eigenvalue weighted by Crippen LogP contribution is -2.46. The number of rotatable bonds is 7. The fraction of sp³-hybridized carbons (Fsp3) is 0.261. The second kappa shape index (κ2) is 10.7. The zero-order valence-corrected chi connectivity index (χ0v) is 19.6. The van der Waals surface area contributed by atoms with Crippen molar-refractivity contribution in [2.75, 3.05) is 54.2 Å². The quantitative estimate of drug-likeness (QED) is 0.497. The Hall–Kier alpha value is -3.04. The van der Waals surface area contributed by atoms with E-state index in [4.69, 9.17) is 16.3 Å². The van der Waals surface area contributed by atoms with Gasteiger partial charge in [0.15, 0.2) is 5.82 Å². The van der Waals surface area contributed by atoms with Crippen LogP contribution in [-0.2, 0) is 4.79 Å². The van der Waals surface area contributed by atoms with E-state index in [2.05, 4.69) is 25.3 Å². The minimum absolute atomic E-state index is 0.163. The molecule has 7 nitrogen and oxygen atoms in total. The number of thioether (sulfide) groups is 1. The zero-order chi connectivity index (χ0) is 23.2. The van der Waals surface area contributed by atoms with Gasteiger partial charge in [0.2, 0.25) is 5.91 Å². The van der Waals surface area contributed by atoms with Crippen molar-refractivity contribution in [2.45, 2.75) is 5.03 Å². The lowest BCUT2D eigenvalue weighted by atomic mass is 10.2. The summed E-state index contributed by atoms with van der Waals surface area (Å²) < 4.78 is 18.2. The molecule has 0 bridgehead atoms. The molecule has 0 radical (unpaired) electrons. The second-order valence-electron chi connectivity index (χ2n) is 7.37. The van der Waals surface area contributed by atoms with Crippen LogP contribution in [0.1, 0.15) is 0 Å². The van der Waals surface area contributed by atoms with Crippen molar-refractivity contribution < 1.29 is 13.9 Å². The van der Waals surface area contributed by atoms with Gasteiger partial charge in [0.1, 0.15) is 16.6 Å². The van der Waals surface area contributed by atoms with Crippen molar-refractivity contribution in [1.82, 2.24) is 10.2 Å². The Morgan fingerprint density at radius 2 is 1.79 bits per heavy atom. The number of hydrogen-bond donors (Lipinski definition) is 1. The Bertz CT molecular complexity index is 1090. The summed E-state index contributed by atoms with van der Waals surface area (Å²) in [6, 6.07) is 15.4. The number of methoxy groups -OCH3 is 1. The van der Waals surface area contributed by atoms with Gasteiger partial charge in [0.05, 0.1) is 17.9 Å². The Morgan fingerprint density at radius 1 is 1.06 bits per heavy atom. The average molecular weight is 488 g/mol. The lowest BCUT2D eigenvalue weighted by molar-refractivity contribution is -0.113. The van der Waals surface area contributed by atoms with Crippen molar-refractivity contribution in [1.29, 1.82) is 0 Å². The molecule has 172 valence electrons. The number of anilines is 3. The number of piperazine rings is 1. The molecule has 2 aromatic carbocycles. The number of hydrogen-bond acceptors (Lipinski definition) is 7. The fourth-order valence-electron chi connectivity index (χ4n) is 3.48. The van der Waals surface area contributed by atoms with Gasteiger partial charge in [-0.25, -0.2) is 4.39 Å². The van der Waals surface area contributed by atoms with Crippen LogP contribution in [0.2, 0.25) is 5.02 Å². The minimum atomic E-state index is -0.228. The van der Waals surface area contributed by atoms with Crippen molar-refractivity contribution in [2.24, 2.45) is 0 Å². The Labute approximate surface area is 200 Å². The Balaban J connectivity index is 1.25. The SMILES string of the molecule is COc1ccc(NC(=O)CSc2ccc(N3CCN(c4ccc(F)cc4)CC3)nn2)cc1Cl. The van der Waals surface area contributed by atoms with Crippen LogP contribution >= 0.6 is 23.4 Å². The maximum Gasteiger partial charge on any atom is 0.234 e. The predicted molar refractivity (Wildman–Crippen MR) is 130 cm³/mol. The summed E-state index contributed by atoms with van der Waals surface area (Å²) in [5.74, 6) is 1.16. The van der Waals surface area contributed by atoms with Crippen LogP contribution in [0, 0.1) is 5.82 Å². The van der Waals surface area contributed by atoms with Crippen LogP contribution in [-0.4, -0.2) is 55.1 Å². The van der Waals surface area contributed by atoms with E-state index in [1.54, 1.807) is 30.3 Å². The molecule has 4 rings (SSSR count). The monoisotopic (exact) mass is 487 g/mol. The molecule has 10 heteroatoms. The first-order valence-corrected chi connectivity index (χ1v) is 11.7. The van der Waals surface area contributed by atoms with Gasteiger partial charge in [-0.15, -0.1) is 10.2 Å². The first kappa shape index (κ1) is 23.1. The van der Waals surface area contributed by atoms with Crippen LogP contribution in [0.3, 0.4) is 0 Å². The summed E-state index contributed by atoms with van der Waals surface area (Å²) in [7, 11) is 1.54. The number of ether oxygens (including phenoxy) is 1. The number of aromatic nitrogens is 2. The van der Waals surface area contributed by atoms with E-state index in [9.17, 15) is 9.18 Å². The molecule has 0 unspecified atom stereocenters. The highest BCUT2D eigenvalue weighted by Gasteiger charge is 2.19. The maximum atomic E-state index is 13.1. The molecular weight excluding hydrogens is 465 g/mol. The van der Waals surface area contributed by atoms with E-state index in [1.165, 1.54) is 31.0 Å². The summed E-state index contributed by atoms with van der Waals surface area (Å²) in [6.07, 6.45) is 0. The van der Waals surface area contributed by atoms with E-state index in [0.29, 0.717) is 21.5 Å². The largest absolute Gasteiger partial charge is 0.495 e. The number of carbonyl (C=O) groups is 1.